The van der Waals surface area contributed by atoms with E-state index in [0.29, 0.717) is 28.9 Å². The minimum Gasteiger partial charge on any atom is -0.508 e. The quantitative estimate of drug-likeness (QED) is 0.647. The second kappa shape index (κ2) is 8.02. The van der Waals surface area contributed by atoms with Crippen LogP contribution < -0.4 is 9.47 Å². The fourth-order valence-electron chi connectivity index (χ4n) is 4.12. The van der Waals surface area contributed by atoms with Gasteiger partial charge in [0.25, 0.3) is 0 Å². The lowest BCUT2D eigenvalue weighted by molar-refractivity contribution is -0.00231. The molecule has 0 spiro atoms. The van der Waals surface area contributed by atoms with E-state index < -0.39 is 23.6 Å². The Bertz CT molecular complexity index is 1140. The van der Waals surface area contributed by atoms with E-state index in [0.717, 1.165) is 5.57 Å². The molecule has 2 aliphatic heterocycles. The van der Waals surface area contributed by atoms with Crippen LogP contribution in [-0.2, 0) is 11.2 Å². The van der Waals surface area contributed by atoms with Crippen LogP contribution in [-0.4, -0.2) is 34.8 Å². The van der Waals surface area contributed by atoms with E-state index >= 15 is 0 Å². The molecule has 6 heteroatoms. The predicted molar refractivity (Wildman–Crippen MR) is 122 cm³/mol. The van der Waals surface area contributed by atoms with Crippen molar-refractivity contribution >= 4 is 11.9 Å². The van der Waals surface area contributed by atoms with Crippen molar-refractivity contribution in [3.63, 3.8) is 0 Å². The van der Waals surface area contributed by atoms with E-state index in [1.807, 2.05) is 39.8 Å². The molecule has 32 heavy (non-hydrogen) atoms. The highest BCUT2D eigenvalue weighted by atomic mass is 16.5. The van der Waals surface area contributed by atoms with Gasteiger partial charge in [-0.15, -0.1) is 0 Å². The predicted octanol–water partition coefficient (Wildman–Crippen LogP) is 5.12. The molecule has 0 amide bonds. The number of fused-ring (bicyclic) bond motifs is 2. The largest absolute Gasteiger partial charge is 0.508 e. The highest BCUT2D eigenvalue weighted by Crippen LogP contribution is 2.52. The molecular weight excluding hydrogens is 408 g/mol. The maximum absolute atomic E-state index is 13.5. The van der Waals surface area contributed by atoms with Crippen LogP contribution in [0.25, 0.3) is 6.08 Å². The number of hydrogen-bond donors (Lipinski definition) is 2. The number of carbonyl (C=O) groups excluding carboxylic acids is 1. The first-order valence-corrected chi connectivity index (χ1v) is 10.6. The zero-order valence-corrected chi connectivity index (χ0v) is 18.9. The standard InChI is InChI=1S/C26H28O6/c1-14(2)10-11-17-22-16(12-13-26(3,4)32-22)20(28)19-21(29)25(30-5)24(31-23(17)19)15-8-6-7-9-18(15)27/h6-10,12-13,24-25,27-28H,11H2,1-5H3/t24-,25+/m1/s1. The summed E-state index contributed by atoms with van der Waals surface area (Å²) < 4.78 is 18.1. The van der Waals surface area contributed by atoms with Crippen molar-refractivity contribution in [3.8, 4) is 23.0 Å². The van der Waals surface area contributed by atoms with Gasteiger partial charge in [-0.05, 0) is 52.3 Å². The number of phenolic OH excluding ortho intramolecular Hbond substituents is 2. The molecular formula is C26H28O6. The topological polar surface area (TPSA) is 85.2 Å². The van der Waals surface area contributed by atoms with Crippen LogP contribution in [0.1, 0.15) is 60.8 Å². The molecule has 2 aliphatic rings. The first kappa shape index (κ1) is 22.0. The Labute approximate surface area is 187 Å². The molecule has 0 saturated carbocycles. The van der Waals surface area contributed by atoms with Crippen LogP contribution in [0.2, 0.25) is 0 Å². The van der Waals surface area contributed by atoms with Gasteiger partial charge in [-0.2, -0.15) is 0 Å². The number of Topliss-reactive ketones (excluding diaryl/α,β-unsaturated/α-hetero) is 1. The summed E-state index contributed by atoms with van der Waals surface area (Å²) in [6.45, 7) is 7.82. The number of methoxy groups -OCH3 is 1. The summed E-state index contributed by atoms with van der Waals surface area (Å²) in [7, 11) is 1.41. The number of benzene rings is 2. The lowest BCUT2D eigenvalue weighted by Crippen LogP contribution is -2.39. The number of ether oxygens (including phenoxy) is 3. The van der Waals surface area contributed by atoms with E-state index in [1.165, 1.54) is 13.2 Å². The summed E-state index contributed by atoms with van der Waals surface area (Å²) in [6.07, 6.45) is 4.20. The van der Waals surface area contributed by atoms with Crippen LogP contribution in [0.15, 0.2) is 42.0 Å². The number of allylic oxidation sites excluding steroid dienone is 2. The van der Waals surface area contributed by atoms with Crippen molar-refractivity contribution in [2.24, 2.45) is 0 Å². The van der Waals surface area contributed by atoms with E-state index in [4.69, 9.17) is 14.2 Å². The molecule has 0 saturated heterocycles. The molecule has 0 aromatic heterocycles. The van der Waals surface area contributed by atoms with Gasteiger partial charge in [0.05, 0.1) is 5.56 Å². The number of hydrogen-bond acceptors (Lipinski definition) is 6. The molecule has 2 heterocycles. The lowest BCUT2D eigenvalue weighted by Gasteiger charge is -2.36. The summed E-state index contributed by atoms with van der Waals surface area (Å²) in [6, 6.07) is 6.69. The molecule has 0 aliphatic carbocycles. The Morgan fingerprint density at radius 1 is 1.19 bits per heavy atom. The molecule has 2 aromatic carbocycles. The molecule has 6 nitrogen and oxygen atoms in total. The van der Waals surface area contributed by atoms with Crippen LogP contribution in [0, 0.1) is 0 Å². The van der Waals surface area contributed by atoms with E-state index in [9.17, 15) is 15.0 Å². The third-order valence-electron chi connectivity index (χ3n) is 5.76. The average Bonchev–Trinajstić information content (AvgIpc) is 2.72. The first-order valence-electron chi connectivity index (χ1n) is 10.6. The molecule has 0 bridgehead atoms. The van der Waals surface area contributed by atoms with Gasteiger partial charge >= 0.3 is 0 Å². The molecule has 2 atom stereocenters. The van der Waals surface area contributed by atoms with Gasteiger partial charge < -0.3 is 24.4 Å². The Hall–Kier alpha value is -3.25. The number of aromatic hydroxyl groups is 2. The van der Waals surface area contributed by atoms with Crippen molar-refractivity contribution < 1.29 is 29.2 Å². The molecule has 2 aromatic rings. The summed E-state index contributed by atoms with van der Waals surface area (Å²) in [5, 5.41) is 21.5. The third kappa shape index (κ3) is 3.65. The van der Waals surface area contributed by atoms with Crippen molar-refractivity contribution in [2.45, 2.75) is 51.9 Å². The molecule has 0 fully saturated rings. The Morgan fingerprint density at radius 3 is 2.56 bits per heavy atom. The summed E-state index contributed by atoms with van der Waals surface area (Å²) in [5.74, 6) is 0.163. The van der Waals surface area contributed by atoms with Crippen molar-refractivity contribution in [3.05, 3.63) is 64.2 Å². The van der Waals surface area contributed by atoms with Crippen LogP contribution in [0.5, 0.6) is 23.0 Å². The van der Waals surface area contributed by atoms with Gasteiger partial charge in [0.15, 0.2) is 12.2 Å². The minimum atomic E-state index is -1.03. The van der Waals surface area contributed by atoms with Crippen molar-refractivity contribution in [2.75, 3.05) is 7.11 Å². The maximum Gasteiger partial charge on any atom is 0.203 e. The van der Waals surface area contributed by atoms with Gasteiger partial charge in [0, 0.05) is 18.2 Å². The molecule has 4 rings (SSSR count). The second-order valence-electron chi connectivity index (χ2n) is 8.92. The number of phenols is 2. The zero-order chi connectivity index (χ0) is 23.2. The summed E-state index contributed by atoms with van der Waals surface area (Å²) >= 11 is 0. The van der Waals surface area contributed by atoms with Gasteiger partial charge in [-0.3, -0.25) is 4.79 Å². The van der Waals surface area contributed by atoms with E-state index in [-0.39, 0.29) is 22.8 Å². The lowest BCUT2D eigenvalue weighted by atomic mass is 9.86. The van der Waals surface area contributed by atoms with Crippen LogP contribution in [0.4, 0.5) is 0 Å². The van der Waals surface area contributed by atoms with Gasteiger partial charge in [0.1, 0.15) is 34.2 Å². The number of ketones is 1. The highest BCUT2D eigenvalue weighted by Gasteiger charge is 2.44. The average molecular weight is 437 g/mol. The van der Waals surface area contributed by atoms with Crippen molar-refractivity contribution in [1.29, 1.82) is 0 Å². The summed E-state index contributed by atoms with van der Waals surface area (Å²) in [5.41, 5.74) is 2.15. The SMILES string of the molecule is CO[C@H]1C(=O)c2c(O)c3c(c(CC=C(C)C)c2O[C@@H]1c1ccccc1O)OC(C)(C)C=C3. The Morgan fingerprint density at radius 2 is 1.91 bits per heavy atom. The van der Waals surface area contributed by atoms with Gasteiger partial charge in [0.2, 0.25) is 5.78 Å². The minimum absolute atomic E-state index is 0.00384. The highest BCUT2D eigenvalue weighted by molar-refractivity contribution is 6.07. The number of carbonyl (C=O) groups is 1. The third-order valence-corrected chi connectivity index (χ3v) is 5.76. The molecule has 0 radical (unpaired) electrons. The maximum atomic E-state index is 13.5. The second-order valence-corrected chi connectivity index (χ2v) is 8.92. The van der Waals surface area contributed by atoms with E-state index in [1.54, 1.807) is 24.3 Å². The fraction of sp³-hybridized carbons (Fsp3) is 0.346. The molecule has 0 unspecified atom stereocenters. The Kier molecular flexibility index (Phi) is 5.51. The Balaban J connectivity index is 1.98. The monoisotopic (exact) mass is 436 g/mol. The zero-order valence-electron chi connectivity index (χ0n) is 18.9. The molecule has 2 N–H and O–H groups in total. The van der Waals surface area contributed by atoms with Crippen molar-refractivity contribution in [1.82, 2.24) is 0 Å². The number of rotatable bonds is 4. The number of para-hydroxylation sites is 1. The van der Waals surface area contributed by atoms with Crippen LogP contribution in [0.3, 0.4) is 0 Å². The smallest absolute Gasteiger partial charge is 0.203 e. The fourth-order valence-corrected chi connectivity index (χ4v) is 4.12. The van der Waals surface area contributed by atoms with Gasteiger partial charge in [-0.1, -0.05) is 29.8 Å². The van der Waals surface area contributed by atoms with Gasteiger partial charge in [-0.25, -0.2) is 0 Å². The normalized spacial score (nSPS) is 20.6. The first-order chi connectivity index (χ1) is 15.1. The summed E-state index contributed by atoms with van der Waals surface area (Å²) in [4.78, 5) is 13.5. The van der Waals surface area contributed by atoms with E-state index in [2.05, 4.69) is 0 Å². The molecule has 168 valence electrons. The van der Waals surface area contributed by atoms with Crippen LogP contribution >= 0.6 is 0 Å².